The van der Waals surface area contributed by atoms with Gasteiger partial charge in [0.2, 0.25) is 0 Å². The summed E-state index contributed by atoms with van der Waals surface area (Å²) in [5.41, 5.74) is -0.494. The van der Waals surface area contributed by atoms with Crippen LogP contribution in [0.2, 0.25) is 0 Å². The second kappa shape index (κ2) is 8.54. The lowest BCUT2D eigenvalue weighted by molar-refractivity contribution is -0.147. The van der Waals surface area contributed by atoms with Crippen molar-refractivity contribution in [2.24, 2.45) is 0 Å². The molecule has 0 unspecified atom stereocenters. The lowest BCUT2D eigenvalue weighted by Crippen LogP contribution is -2.39. The summed E-state index contributed by atoms with van der Waals surface area (Å²) in [6.07, 6.45) is 2.95. The van der Waals surface area contributed by atoms with E-state index in [1.807, 2.05) is 5.32 Å². The van der Waals surface area contributed by atoms with Crippen molar-refractivity contribution in [2.45, 2.75) is 36.6 Å². The van der Waals surface area contributed by atoms with Crippen LogP contribution >= 0.6 is 0 Å². The van der Waals surface area contributed by atoms with Crippen LogP contribution in [0.25, 0.3) is 0 Å². The lowest BCUT2D eigenvalue weighted by atomic mass is 10.1. The van der Waals surface area contributed by atoms with E-state index < -0.39 is 27.9 Å². The smallest absolute Gasteiger partial charge is 0.394 e. The Labute approximate surface area is 173 Å². The maximum atomic E-state index is 13.4. The first kappa shape index (κ1) is 21.3. The molecule has 1 amide bonds. The molecule has 0 heterocycles. The largest absolute Gasteiger partial charge is 0.478 e. The first-order valence-corrected chi connectivity index (χ1v) is 10.7. The summed E-state index contributed by atoms with van der Waals surface area (Å²) in [5, 5.41) is 20.2. The van der Waals surface area contributed by atoms with Gasteiger partial charge in [-0.15, -0.1) is 0 Å². The zero-order valence-electron chi connectivity index (χ0n) is 15.8. The fourth-order valence-electron chi connectivity index (χ4n) is 3.53. The molecule has 10 heteroatoms. The molecule has 0 atom stereocenters. The van der Waals surface area contributed by atoms with Gasteiger partial charge in [0.05, 0.1) is 21.8 Å². The molecule has 158 valence electrons. The fourth-order valence-corrected chi connectivity index (χ4v) is 5.25. The van der Waals surface area contributed by atoms with E-state index in [0.29, 0.717) is 12.8 Å². The highest BCUT2D eigenvalue weighted by molar-refractivity contribution is 7.92. The topological polar surface area (TPSA) is 141 Å². The minimum absolute atomic E-state index is 0.0790. The van der Waals surface area contributed by atoms with Crippen molar-refractivity contribution >= 4 is 39.2 Å². The van der Waals surface area contributed by atoms with Crippen molar-refractivity contribution in [1.29, 1.82) is 0 Å². The third-order valence-electron chi connectivity index (χ3n) is 4.89. The van der Waals surface area contributed by atoms with E-state index in [-0.39, 0.29) is 27.9 Å². The van der Waals surface area contributed by atoms with Crippen LogP contribution in [0, 0.1) is 0 Å². The minimum Gasteiger partial charge on any atom is -0.478 e. The fraction of sp³-hybridized carbons (Fsp3) is 0.250. The molecule has 0 bridgehead atoms. The average Bonchev–Trinajstić information content (AvgIpc) is 3.22. The van der Waals surface area contributed by atoms with Crippen LogP contribution in [0.5, 0.6) is 0 Å². The zero-order chi connectivity index (χ0) is 21.9. The van der Waals surface area contributed by atoms with Crippen LogP contribution in [0.15, 0.2) is 53.4 Å². The van der Waals surface area contributed by atoms with Gasteiger partial charge >= 0.3 is 17.8 Å². The van der Waals surface area contributed by atoms with Gasteiger partial charge in [-0.05, 0) is 43.2 Å². The predicted octanol–water partition coefficient (Wildman–Crippen LogP) is 2.55. The Morgan fingerprint density at radius 1 is 0.967 bits per heavy atom. The summed E-state index contributed by atoms with van der Waals surface area (Å²) in [6.45, 7) is 0. The number of carboxylic acids is 2. The number of benzene rings is 2. The van der Waals surface area contributed by atoms with E-state index in [1.165, 1.54) is 28.6 Å². The summed E-state index contributed by atoms with van der Waals surface area (Å²) >= 11 is 0. The maximum absolute atomic E-state index is 13.4. The van der Waals surface area contributed by atoms with Gasteiger partial charge in [0.25, 0.3) is 10.0 Å². The van der Waals surface area contributed by atoms with Crippen LogP contribution < -0.4 is 9.62 Å². The number of rotatable bonds is 6. The number of carbonyl (C=O) groups excluding carboxylic acids is 1. The number of amides is 1. The molecule has 0 aliphatic heterocycles. The first-order chi connectivity index (χ1) is 14.2. The third kappa shape index (κ3) is 4.28. The Balaban J connectivity index is 2.13. The van der Waals surface area contributed by atoms with Crippen molar-refractivity contribution in [3.63, 3.8) is 0 Å². The molecular weight excluding hydrogens is 412 g/mol. The number of nitrogens with zero attached hydrogens (tertiary/aromatic N) is 1. The highest BCUT2D eigenvalue weighted by Gasteiger charge is 2.34. The van der Waals surface area contributed by atoms with E-state index >= 15 is 0 Å². The molecule has 1 aliphatic rings. The number of sulfonamides is 1. The molecule has 3 N–H and O–H groups in total. The summed E-state index contributed by atoms with van der Waals surface area (Å²) in [4.78, 5) is 34.1. The number of nitrogens with one attached hydrogen (secondary N) is 1. The molecular formula is C20H20N2O7S. The zero-order valence-corrected chi connectivity index (χ0v) is 16.6. The van der Waals surface area contributed by atoms with E-state index in [4.69, 9.17) is 5.11 Å². The second-order valence-corrected chi connectivity index (χ2v) is 8.66. The molecule has 1 fully saturated rings. The second-order valence-electron chi connectivity index (χ2n) is 6.85. The summed E-state index contributed by atoms with van der Waals surface area (Å²) in [7, 11) is -3.98. The normalized spacial score (nSPS) is 14.3. The molecule has 0 aromatic heterocycles. The van der Waals surface area contributed by atoms with Gasteiger partial charge in [0.15, 0.2) is 0 Å². The van der Waals surface area contributed by atoms with Crippen molar-refractivity contribution in [3.05, 3.63) is 54.1 Å². The van der Waals surface area contributed by atoms with Crippen molar-refractivity contribution in [1.82, 2.24) is 0 Å². The van der Waals surface area contributed by atoms with Gasteiger partial charge in [0.1, 0.15) is 0 Å². The van der Waals surface area contributed by atoms with Gasteiger partial charge in [-0.2, -0.15) is 0 Å². The lowest BCUT2D eigenvalue weighted by Gasteiger charge is -2.31. The number of aliphatic carboxylic acids is 1. The molecule has 2 aromatic rings. The molecule has 30 heavy (non-hydrogen) atoms. The highest BCUT2D eigenvalue weighted by Crippen LogP contribution is 2.35. The molecule has 2 aromatic carbocycles. The molecule has 1 aliphatic carbocycles. The van der Waals surface area contributed by atoms with Gasteiger partial charge in [-0.1, -0.05) is 31.0 Å². The quantitative estimate of drug-likeness (QED) is 0.596. The van der Waals surface area contributed by atoms with Gasteiger partial charge < -0.3 is 15.5 Å². The van der Waals surface area contributed by atoms with E-state index in [9.17, 15) is 27.9 Å². The highest BCUT2D eigenvalue weighted by atomic mass is 32.2. The van der Waals surface area contributed by atoms with Crippen LogP contribution in [0.4, 0.5) is 11.4 Å². The van der Waals surface area contributed by atoms with Crippen molar-refractivity contribution < 1.29 is 33.0 Å². The average molecular weight is 432 g/mol. The minimum atomic E-state index is -3.98. The van der Waals surface area contributed by atoms with E-state index in [1.54, 1.807) is 18.2 Å². The molecule has 0 saturated heterocycles. The van der Waals surface area contributed by atoms with Crippen LogP contribution in [0.3, 0.4) is 0 Å². The number of hydrogen-bond donors (Lipinski definition) is 3. The number of carbonyl (C=O) groups is 3. The predicted molar refractivity (Wildman–Crippen MR) is 108 cm³/mol. The number of aromatic carboxylic acids is 1. The summed E-state index contributed by atoms with van der Waals surface area (Å²) in [6, 6.07) is 11.2. The van der Waals surface area contributed by atoms with Crippen molar-refractivity contribution in [3.8, 4) is 0 Å². The standard InChI is InChI=1S/C20H20N2O7S/c23-18(20(26)27)21-17-12-14(10-11-16(17)19(24)25)22(13-6-4-5-7-13)30(28,29)15-8-2-1-3-9-15/h1-3,8-13H,4-7H2,(H,21,23)(H,24,25)(H,26,27). The first-order valence-electron chi connectivity index (χ1n) is 9.23. The molecule has 0 spiro atoms. The number of carboxylic acid groups (broad SMARTS) is 2. The monoisotopic (exact) mass is 432 g/mol. The van der Waals surface area contributed by atoms with Crippen LogP contribution in [-0.4, -0.2) is 42.5 Å². The molecule has 0 radical (unpaired) electrons. The number of anilines is 2. The Morgan fingerprint density at radius 2 is 1.60 bits per heavy atom. The SMILES string of the molecule is O=C(O)C(=O)Nc1cc(N(C2CCCC2)S(=O)(=O)c2ccccc2)ccc1C(=O)O. The Bertz CT molecular complexity index is 1080. The van der Waals surface area contributed by atoms with Gasteiger partial charge in [0, 0.05) is 6.04 Å². The van der Waals surface area contributed by atoms with Crippen molar-refractivity contribution in [2.75, 3.05) is 9.62 Å². The Morgan fingerprint density at radius 3 is 2.17 bits per heavy atom. The van der Waals surface area contributed by atoms with Crippen LogP contribution in [-0.2, 0) is 19.6 Å². The Kier molecular flexibility index (Phi) is 6.06. The summed E-state index contributed by atoms with van der Waals surface area (Å²) in [5.74, 6) is -4.60. The maximum Gasteiger partial charge on any atom is 0.394 e. The third-order valence-corrected chi connectivity index (χ3v) is 6.78. The molecule has 1 saturated carbocycles. The van der Waals surface area contributed by atoms with Gasteiger partial charge in [-0.25, -0.2) is 18.0 Å². The molecule has 3 rings (SSSR count). The van der Waals surface area contributed by atoms with Gasteiger partial charge in [-0.3, -0.25) is 9.10 Å². The van der Waals surface area contributed by atoms with E-state index in [0.717, 1.165) is 18.9 Å². The molecule has 9 nitrogen and oxygen atoms in total. The van der Waals surface area contributed by atoms with E-state index in [2.05, 4.69) is 0 Å². The summed E-state index contributed by atoms with van der Waals surface area (Å²) < 4.78 is 28.1. The van der Waals surface area contributed by atoms with Crippen LogP contribution in [0.1, 0.15) is 36.0 Å². The Hall–Kier alpha value is -3.40. The number of hydrogen-bond acceptors (Lipinski definition) is 5.